The number of hydrogen-bond acceptors (Lipinski definition) is 4. The maximum Gasteiger partial charge on any atom is 0.340 e. The molecule has 0 bridgehead atoms. The highest BCUT2D eigenvalue weighted by molar-refractivity contribution is 6.30. The van der Waals surface area contributed by atoms with Gasteiger partial charge in [-0.1, -0.05) is 23.7 Å². The lowest BCUT2D eigenvalue weighted by Crippen LogP contribution is -2.28. The van der Waals surface area contributed by atoms with Crippen LogP contribution < -0.4 is 0 Å². The van der Waals surface area contributed by atoms with Crippen LogP contribution in [0.2, 0.25) is 5.02 Å². The van der Waals surface area contributed by atoms with E-state index in [0.717, 1.165) is 24.1 Å². The van der Waals surface area contributed by atoms with E-state index in [1.54, 1.807) is 12.3 Å². The first-order valence-corrected chi connectivity index (χ1v) is 8.16. The van der Waals surface area contributed by atoms with E-state index in [1.807, 2.05) is 19.2 Å². The Labute approximate surface area is 144 Å². The maximum atomic E-state index is 12.4. The number of fused-ring (bicyclic) bond motifs is 1. The van der Waals surface area contributed by atoms with Crippen LogP contribution in [0.4, 0.5) is 0 Å². The molecule has 1 aliphatic rings. The van der Waals surface area contributed by atoms with Gasteiger partial charge in [0.25, 0.3) is 0 Å². The molecule has 7 heteroatoms. The van der Waals surface area contributed by atoms with Crippen molar-refractivity contribution in [3.8, 4) is 0 Å². The third kappa shape index (κ3) is 3.68. The number of carbonyl (C=O) groups is 1. The minimum atomic E-state index is -0.373. The Balaban J connectivity index is 1.78. The number of halogens is 2. The van der Waals surface area contributed by atoms with Crippen molar-refractivity contribution in [1.29, 1.82) is 0 Å². The molecule has 122 valence electrons. The lowest BCUT2D eigenvalue weighted by atomic mass is 9.97. The molecular weight excluding hydrogens is 337 g/mol. The molecule has 0 saturated carbocycles. The Morgan fingerprint density at radius 3 is 3.04 bits per heavy atom. The minimum Gasteiger partial charge on any atom is -0.439 e. The van der Waals surface area contributed by atoms with E-state index in [1.165, 1.54) is 10.9 Å². The third-order valence-electron chi connectivity index (χ3n) is 4.01. The monoisotopic (exact) mass is 353 g/mol. The van der Waals surface area contributed by atoms with Crippen molar-refractivity contribution in [3.63, 3.8) is 0 Å². The molecule has 1 aromatic heterocycles. The van der Waals surface area contributed by atoms with Crippen molar-refractivity contribution in [2.75, 3.05) is 13.6 Å². The first-order valence-electron chi connectivity index (χ1n) is 7.35. The van der Waals surface area contributed by atoms with Gasteiger partial charge < -0.3 is 4.74 Å². The van der Waals surface area contributed by atoms with Crippen LogP contribution in [0.25, 0.3) is 0 Å². The molecule has 1 aromatic carbocycles. The molecule has 5 nitrogen and oxygen atoms in total. The molecule has 23 heavy (non-hydrogen) atoms. The second-order valence-corrected chi connectivity index (χ2v) is 6.51. The summed E-state index contributed by atoms with van der Waals surface area (Å²) >= 11 is 12.2. The largest absolute Gasteiger partial charge is 0.439 e. The van der Waals surface area contributed by atoms with Gasteiger partial charge >= 0.3 is 5.97 Å². The summed E-state index contributed by atoms with van der Waals surface area (Å²) in [5, 5.41) is 4.49. The average Bonchev–Trinajstić information content (AvgIpc) is 2.89. The van der Waals surface area contributed by atoms with Gasteiger partial charge in [0, 0.05) is 19.2 Å². The first-order chi connectivity index (χ1) is 11.0. The average molecular weight is 354 g/mol. The molecule has 0 amide bonds. The number of likely N-dealkylation sites (N-methyl/N-ethyl adjacent to an activating group) is 1. The lowest BCUT2D eigenvalue weighted by Gasteiger charge is -2.19. The third-order valence-corrected chi connectivity index (χ3v) is 4.69. The van der Waals surface area contributed by atoms with Gasteiger partial charge in [-0.2, -0.15) is 5.10 Å². The van der Waals surface area contributed by atoms with Crippen LogP contribution in [-0.2, 0) is 24.3 Å². The van der Waals surface area contributed by atoms with E-state index in [4.69, 9.17) is 27.9 Å². The number of esters is 1. The second-order valence-electron chi connectivity index (χ2n) is 5.57. The van der Waals surface area contributed by atoms with Crippen molar-refractivity contribution < 1.29 is 9.53 Å². The molecular formula is C16H17Cl2N3O2. The summed E-state index contributed by atoms with van der Waals surface area (Å²) in [7, 11) is 1.99. The molecule has 1 aliphatic heterocycles. The summed E-state index contributed by atoms with van der Waals surface area (Å²) in [6, 6.07) is 5.71. The fraction of sp³-hybridized carbons (Fsp3) is 0.375. The maximum absolute atomic E-state index is 12.4. The van der Waals surface area contributed by atoms with E-state index in [-0.39, 0.29) is 18.2 Å². The summed E-state index contributed by atoms with van der Waals surface area (Å²) in [4.78, 5) is 14.5. The fourth-order valence-corrected chi connectivity index (χ4v) is 3.08. The number of hydrogen-bond donors (Lipinski definition) is 0. The van der Waals surface area contributed by atoms with Crippen LogP contribution in [0.15, 0.2) is 30.6 Å². The molecule has 2 heterocycles. The fourth-order valence-electron chi connectivity index (χ4n) is 2.67. The van der Waals surface area contributed by atoms with Crippen molar-refractivity contribution in [1.82, 2.24) is 14.7 Å². The number of carbonyl (C=O) groups excluding carboxylic acids is 1. The van der Waals surface area contributed by atoms with E-state index < -0.39 is 0 Å². The topological polar surface area (TPSA) is 47.4 Å². The summed E-state index contributed by atoms with van der Waals surface area (Å²) in [6.45, 7) is 0.894. The highest BCUT2D eigenvalue weighted by atomic mass is 35.5. The van der Waals surface area contributed by atoms with Crippen molar-refractivity contribution in [3.05, 3.63) is 52.3 Å². The Morgan fingerprint density at radius 2 is 2.30 bits per heavy atom. The van der Waals surface area contributed by atoms with Crippen LogP contribution in [0.3, 0.4) is 0 Å². The minimum absolute atomic E-state index is 0.0272. The van der Waals surface area contributed by atoms with Gasteiger partial charge in [-0.05, 0) is 30.7 Å². The highest BCUT2D eigenvalue weighted by Crippen LogP contribution is 2.25. The second kappa shape index (κ2) is 6.91. The molecule has 0 spiro atoms. The standard InChI is InChI=1S/C16H17Cl2N3O2/c1-20-6-5-11-3-2-4-13(14(11)7-15(20)18)16(22)23-10-21-9-12(17)8-19-21/h2-4,8-9,15H,5-7,10H2,1H3. The molecule has 0 radical (unpaired) electrons. The molecule has 1 atom stereocenters. The van der Waals surface area contributed by atoms with Crippen LogP contribution >= 0.6 is 23.2 Å². The molecule has 1 unspecified atom stereocenters. The lowest BCUT2D eigenvalue weighted by molar-refractivity contribution is 0.0348. The van der Waals surface area contributed by atoms with Gasteiger partial charge in [0.2, 0.25) is 0 Å². The summed E-state index contributed by atoms with van der Waals surface area (Å²) in [6.07, 6.45) is 4.58. The summed E-state index contributed by atoms with van der Waals surface area (Å²) < 4.78 is 6.81. The van der Waals surface area contributed by atoms with E-state index in [9.17, 15) is 4.79 Å². The van der Waals surface area contributed by atoms with Crippen LogP contribution in [0.5, 0.6) is 0 Å². The number of alkyl halides is 1. The number of nitrogens with zero attached hydrogens (tertiary/aromatic N) is 3. The summed E-state index contributed by atoms with van der Waals surface area (Å²) in [5.41, 5.74) is 2.56. The Bertz CT molecular complexity index is 717. The van der Waals surface area contributed by atoms with Gasteiger partial charge in [0.05, 0.1) is 22.3 Å². The van der Waals surface area contributed by atoms with Crippen LogP contribution in [0.1, 0.15) is 21.5 Å². The molecule has 0 fully saturated rings. The quantitative estimate of drug-likeness (QED) is 0.483. The highest BCUT2D eigenvalue weighted by Gasteiger charge is 2.24. The van der Waals surface area contributed by atoms with Gasteiger partial charge in [0.15, 0.2) is 6.73 Å². The molecule has 3 rings (SSSR count). The molecule has 0 aliphatic carbocycles. The molecule has 0 saturated heterocycles. The van der Waals surface area contributed by atoms with Gasteiger partial charge in [0.1, 0.15) is 0 Å². The number of rotatable bonds is 3. The van der Waals surface area contributed by atoms with Crippen molar-refractivity contribution in [2.24, 2.45) is 0 Å². The van der Waals surface area contributed by atoms with Crippen molar-refractivity contribution >= 4 is 29.2 Å². The van der Waals surface area contributed by atoms with Crippen molar-refractivity contribution in [2.45, 2.75) is 25.1 Å². The Hall–Kier alpha value is -1.56. The normalized spacial score (nSPS) is 18.3. The van der Waals surface area contributed by atoms with E-state index >= 15 is 0 Å². The van der Waals surface area contributed by atoms with Gasteiger partial charge in [-0.15, -0.1) is 11.6 Å². The van der Waals surface area contributed by atoms with Gasteiger partial charge in [-0.3, -0.25) is 4.90 Å². The SMILES string of the molecule is CN1CCc2cccc(C(=O)OCn3cc(Cl)cn3)c2CC1Cl. The Kier molecular flexibility index (Phi) is 4.90. The van der Waals surface area contributed by atoms with Gasteiger partial charge in [-0.25, -0.2) is 9.48 Å². The van der Waals surface area contributed by atoms with E-state index in [2.05, 4.69) is 10.00 Å². The number of aromatic nitrogens is 2. The van der Waals surface area contributed by atoms with Crippen LogP contribution in [-0.4, -0.2) is 39.7 Å². The van der Waals surface area contributed by atoms with E-state index in [0.29, 0.717) is 17.0 Å². The predicted octanol–water partition coefficient (Wildman–Crippen LogP) is 2.95. The zero-order chi connectivity index (χ0) is 16.4. The molecule has 2 aromatic rings. The predicted molar refractivity (Wildman–Crippen MR) is 88.8 cm³/mol. The molecule has 0 N–H and O–H groups in total. The van der Waals surface area contributed by atoms with Crippen LogP contribution in [0, 0.1) is 0 Å². The number of benzene rings is 1. The zero-order valence-corrected chi connectivity index (χ0v) is 14.2. The first kappa shape index (κ1) is 16.3. The Morgan fingerprint density at radius 1 is 1.48 bits per heavy atom. The number of ether oxygens (including phenoxy) is 1. The summed E-state index contributed by atoms with van der Waals surface area (Å²) in [5.74, 6) is -0.373. The zero-order valence-electron chi connectivity index (χ0n) is 12.7. The smallest absolute Gasteiger partial charge is 0.340 e.